The summed E-state index contributed by atoms with van der Waals surface area (Å²) in [5.74, 6) is -0.440. The van der Waals surface area contributed by atoms with Gasteiger partial charge in [-0.2, -0.15) is 22.0 Å². The Morgan fingerprint density at radius 2 is 1.43 bits per heavy atom. The van der Waals surface area contributed by atoms with Crippen molar-refractivity contribution in [2.75, 3.05) is 0 Å². The molecule has 2 aromatic carbocycles. The average Bonchev–Trinajstić information content (AvgIpc) is 2.41. The molecule has 2 aromatic rings. The Morgan fingerprint density at radius 3 is 2.00 bits per heavy atom. The molecule has 0 aliphatic carbocycles. The van der Waals surface area contributed by atoms with Gasteiger partial charge < -0.3 is 4.74 Å². The van der Waals surface area contributed by atoms with Crippen LogP contribution in [0.2, 0.25) is 15.1 Å². The number of ether oxygens (including phenoxy) is 1. The topological polar surface area (TPSA) is 9.23 Å². The molecule has 0 amide bonds. The summed E-state index contributed by atoms with van der Waals surface area (Å²) in [6.07, 6.45) is -4.73. The van der Waals surface area contributed by atoms with Crippen LogP contribution in [0.5, 0.6) is 5.75 Å². The van der Waals surface area contributed by atoms with Gasteiger partial charge in [0, 0.05) is 10.6 Å². The van der Waals surface area contributed by atoms with Crippen molar-refractivity contribution in [2.24, 2.45) is 0 Å². The number of rotatable bonds is 3. The third kappa shape index (κ3) is 4.19. The van der Waals surface area contributed by atoms with Crippen LogP contribution in [0.4, 0.5) is 22.0 Å². The molecule has 0 heterocycles. The Morgan fingerprint density at radius 1 is 0.826 bits per heavy atom. The summed E-state index contributed by atoms with van der Waals surface area (Å²) in [5, 5.41) is -0.0903. The lowest BCUT2D eigenvalue weighted by Crippen LogP contribution is -2.09. The Bertz CT molecular complexity index is 731. The summed E-state index contributed by atoms with van der Waals surface area (Å²) in [6, 6.07) is 4.54. The molecule has 2 rings (SSSR count). The molecule has 0 saturated heterocycles. The molecule has 0 unspecified atom stereocenters. The monoisotopic (exact) mass is 390 g/mol. The van der Waals surface area contributed by atoms with Crippen molar-refractivity contribution in [3.05, 3.63) is 51.0 Å². The average molecular weight is 392 g/mol. The van der Waals surface area contributed by atoms with Gasteiger partial charge in [0.2, 0.25) is 0 Å². The molecule has 0 saturated carbocycles. The third-order valence-corrected chi connectivity index (χ3v) is 3.86. The molecule has 0 aromatic heterocycles. The first kappa shape index (κ1) is 18.1. The van der Waals surface area contributed by atoms with Gasteiger partial charge in [-0.05, 0) is 35.9 Å². The van der Waals surface area contributed by atoms with Gasteiger partial charge in [-0.3, -0.25) is 0 Å². The lowest BCUT2D eigenvalue weighted by Gasteiger charge is -2.16. The summed E-state index contributed by atoms with van der Waals surface area (Å²) in [6.45, 7) is -3.18. The van der Waals surface area contributed by atoms with Crippen LogP contribution in [0, 0.1) is 0 Å². The van der Waals surface area contributed by atoms with Crippen LogP contribution in [0.15, 0.2) is 30.3 Å². The summed E-state index contributed by atoms with van der Waals surface area (Å²) in [5.41, 5.74) is -1.62. The fraction of sp³-hybridized carbons (Fsp3) is 0.143. The Hall–Kier alpha value is -1.24. The van der Waals surface area contributed by atoms with Crippen molar-refractivity contribution in [1.82, 2.24) is 0 Å². The predicted octanol–water partition coefficient (Wildman–Crippen LogP) is 6.93. The lowest BCUT2D eigenvalue weighted by molar-refractivity contribution is -0.137. The quantitative estimate of drug-likeness (QED) is 0.407. The second kappa shape index (κ2) is 6.71. The zero-order chi connectivity index (χ0) is 17.4. The maximum absolute atomic E-state index is 13.1. The van der Waals surface area contributed by atoms with E-state index in [-0.39, 0.29) is 20.6 Å². The Kier molecular flexibility index (Phi) is 5.28. The van der Waals surface area contributed by atoms with Crippen molar-refractivity contribution in [3.63, 3.8) is 0 Å². The fourth-order valence-corrected chi connectivity index (χ4v) is 2.55. The van der Waals surface area contributed by atoms with Crippen LogP contribution < -0.4 is 4.74 Å². The van der Waals surface area contributed by atoms with E-state index < -0.39 is 29.7 Å². The van der Waals surface area contributed by atoms with Gasteiger partial charge in [0.25, 0.3) is 0 Å². The van der Waals surface area contributed by atoms with Crippen molar-refractivity contribution in [3.8, 4) is 16.9 Å². The Balaban J connectivity index is 2.69. The summed E-state index contributed by atoms with van der Waals surface area (Å²) in [4.78, 5) is 0. The molecule has 9 heteroatoms. The fourth-order valence-electron chi connectivity index (χ4n) is 1.90. The minimum absolute atomic E-state index is 0.0284. The number of halogens is 8. The van der Waals surface area contributed by atoms with Crippen LogP contribution in [-0.4, -0.2) is 6.61 Å². The molecule has 0 N–H and O–H groups in total. The van der Waals surface area contributed by atoms with Crippen molar-refractivity contribution in [1.29, 1.82) is 0 Å². The van der Waals surface area contributed by atoms with Crippen LogP contribution in [-0.2, 0) is 6.18 Å². The van der Waals surface area contributed by atoms with Gasteiger partial charge in [0.05, 0.1) is 15.6 Å². The van der Waals surface area contributed by atoms with Crippen LogP contribution >= 0.6 is 34.8 Å². The predicted molar refractivity (Wildman–Crippen MR) is 78.5 cm³/mol. The zero-order valence-corrected chi connectivity index (χ0v) is 13.2. The van der Waals surface area contributed by atoms with Gasteiger partial charge in [-0.25, -0.2) is 0 Å². The van der Waals surface area contributed by atoms with E-state index in [0.717, 1.165) is 18.2 Å². The van der Waals surface area contributed by atoms with Gasteiger partial charge in [-0.15, -0.1) is 0 Å². The first-order chi connectivity index (χ1) is 10.6. The molecule has 0 spiro atoms. The second-order valence-electron chi connectivity index (χ2n) is 4.33. The number of alkyl halides is 5. The number of hydrogen-bond donors (Lipinski definition) is 0. The zero-order valence-electron chi connectivity index (χ0n) is 10.9. The van der Waals surface area contributed by atoms with E-state index in [0.29, 0.717) is 6.07 Å². The highest BCUT2D eigenvalue weighted by atomic mass is 35.5. The molecular formula is C14H6Cl3F5O. The van der Waals surface area contributed by atoms with Crippen molar-refractivity contribution in [2.45, 2.75) is 12.8 Å². The molecule has 0 aliphatic rings. The minimum atomic E-state index is -4.73. The highest BCUT2D eigenvalue weighted by Gasteiger charge is 2.34. The van der Waals surface area contributed by atoms with Crippen LogP contribution in [0.1, 0.15) is 5.56 Å². The summed E-state index contributed by atoms with van der Waals surface area (Å²) in [7, 11) is 0. The maximum atomic E-state index is 13.1. The molecular weight excluding hydrogens is 386 g/mol. The molecule has 0 atom stereocenters. The Labute approximate surface area is 142 Å². The number of benzene rings is 2. The standard InChI is InChI=1S/C14H6Cl3F5O/c15-10-5-12(17)11(16)4-8(10)7-3-6(23-13(18)19)1-2-9(7)14(20,21)22/h1-5,13H. The highest BCUT2D eigenvalue weighted by molar-refractivity contribution is 6.44. The summed E-state index contributed by atoms with van der Waals surface area (Å²) < 4.78 is 68.1. The lowest BCUT2D eigenvalue weighted by atomic mass is 9.98. The highest BCUT2D eigenvalue weighted by Crippen LogP contribution is 2.43. The molecule has 23 heavy (non-hydrogen) atoms. The van der Waals surface area contributed by atoms with E-state index in [2.05, 4.69) is 4.74 Å². The van der Waals surface area contributed by atoms with E-state index in [9.17, 15) is 22.0 Å². The van der Waals surface area contributed by atoms with Crippen LogP contribution in [0.25, 0.3) is 11.1 Å². The first-order valence-corrected chi connectivity index (χ1v) is 7.04. The normalized spacial score (nSPS) is 11.9. The molecule has 0 aliphatic heterocycles. The van der Waals surface area contributed by atoms with Crippen LogP contribution in [0.3, 0.4) is 0 Å². The third-order valence-electron chi connectivity index (χ3n) is 2.82. The first-order valence-electron chi connectivity index (χ1n) is 5.90. The molecule has 0 fully saturated rings. The largest absolute Gasteiger partial charge is 0.435 e. The van der Waals surface area contributed by atoms with Gasteiger partial charge in [0.15, 0.2) is 0 Å². The van der Waals surface area contributed by atoms with E-state index in [1.54, 1.807) is 0 Å². The van der Waals surface area contributed by atoms with E-state index in [1.165, 1.54) is 6.07 Å². The smallest absolute Gasteiger partial charge is 0.417 e. The SMILES string of the molecule is FC(F)Oc1ccc(C(F)(F)F)c(-c2cc(Cl)c(Cl)cc2Cl)c1. The second-order valence-corrected chi connectivity index (χ2v) is 5.55. The van der Waals surface area contributed by atoms with Crippen molar-refractivity contribution < 1.29 is 26.7 Å². The minimum Gasteiger partial charge on any atom is -0.435 e. The molecule has 1 nitrogen and oxygen atoms in total. The maximum Gasteiger partial charge on any atom is 0.417 e. The van der Waals surface area contributed by atoms with Gasteiger partial charge in [-0.1, -0.05) is 34.8 Å². The van der Waals surface area contributed by atoms with E-state index in [4.69, 9.17) is 34.8 Å². The van der Waals surface area contributed by atoms with Crippen molar-refractivity contribution >= 4 is 34.8 Å². The summed E-state index contributed by atoms with van der Waals surface area (Å²) >= 11 is 17.5. The van der Waals surface area contributed by atoms with E-state index in [1.807, 2.05) is 0 Å². The number of hydrogen-bond acceptors (Lipinski definition) is 1. The van der Waals surface area contributed by atoms with Gasteiger partial charge >= 0.3 is 12.8 Å². The van der Waals surface area contributed by atoms with E-state index >= 15 is 0 Å². The van der Waals surface area contributed by atoms with Gasteiger partial charge in [0.1, 0.15) is 5.75 Å². The molecule has 0 bridgehead atoms. The molecule has 124 valence electrons. The molecule has 0 radical (unpaired) electrons.